The normalized spacial score (nSPS) is 18.1. The molecule has 118 valence electrons. The Kier molecular flexibility index (Phi) is 5.71. The van der Waals surface area contributed by atoms with E-state index >= 15 is 0 Å². The highest BCUT2D eigenvalue weighted by molar-refractivity contribution is 9.10. The van der Waals surface area contributed by atoms with Crippen molar-refractivity contribution in [3.05, 3.63) is 27.7 Å². The lowest BCUT2D eigenvalue weighted by Crippen LogP contribution is -2.40. The highest BCUT2D eigenvalue weighted by Crippen LogP contribution is 2.31. The van der Waals surface area contributed by atoms with Crippen LogP contribution in [0.4, 0.5) is 0 Å². The molecule has 0 aromatic heterocycles. The van der Waals surface area contributed by atoms with E-state index < -0.39 is 10.0 Å². The van der Waals surface area contributed by atoms with Crippen molar-refractivity contribution in [1.82, 2.24) is 4.31 Å². The van der Waals surface area contributed by atoms with E-state index in [1.54, 1.807) is 13.2 Å². The smallest absolute Gasteiger partial charge is 0.244 e. The van der Waals surface area contributed by atoms with Crippen LogP contribution in [-0.4, -0.2) is 39.0 Å². The van der Waals surface area contributed by atoms with Crippen LogP contribution in [0.15, 0.2) is 21.5 Å². The highest BCUT2D eigenvalue weighted by atomic mass is 79.9. The first-order valence-corrected chi connectivity index (χ1v) is 9.55. The van der Waals surface area contributed by atoms with E-state index in [2.05, 4.69) is 15.9 Å². The zero-order valence-corrected chi connectivity index (χ0v) is 15.3. The standard InChI is InChI=1S/C14H19BrClNO3S/c1-10-7-11(9-16)8-13(14(10)15)21(18,19)17-5-3-12(20-2)4-6-17/h7-8,12H,3-6,9H2,1-2H3. The fraction of sp³-hybridized carbons (Fsp3) is 0.571. The molecule has 1 heterocycles. The summed E-state index contributed by atoms with van der Waals surface area (Å²) >= 11 is 9.25. The maximum absolute atomic E-state index is 12.8. The molecular formula is C14H19BrClNO3S. The van der Waals surface area contributed by atoms with Gasteiger partial charge in [0.2, 0.25) is 10.0 Å². The third kappa shape index (κ3) is 3.62. The molecule has 0 amide bonds. The minimum absolute atomic E-state index is 0.149. The Hall–Kier alpha value is -0.140. The molecule has 1 fully saturated rings. The molecule has 0 bridgehead atoms. The second-order valence-electron chi connectivity index (χ2n) is 5.20. The van der Waals surface area contributed by atoms with Crippen LogP contribution in [0.3, 0.4) is 0 Å². The van der Waals surface area contributed by atoms with Crippen molar-refractivity contribution >= 4 is 37.6 Å². The van der Waals surface area contributed by atoms with Gasteiger partial charge in [0, 0.05) is 30.6 Å². The highest BCUT2D eigenvalue weighted by Gasteiger charge is 2.31. The van der Waals surface area contributed by atoms with Crippen molar-refractivity contribution in [3.63, 3.8) is 0 Å². The van der Waals surface area contributed by atoms with Crippen LogP contribution in [0.1, 0.15) is 24.0 Å². The third-order valence-corrected chi connectivity index (χ3v) is 7.33. The van der Waals surface area contributed by atoms with Crippen LogP contribution in [-0.2, 0) is 20.6 Å². The molecular weight excluding hydrogens is 378 g/mol. The predicted molar refractivity (Wildman–Crippen MR) is 87.2 cm³/mol. The molecule has 0 spiro atoms. The maximum Gasteiger partial charge on any atom is 0.244 e. The molecule has 1 aromatic rings. The summed E-state index contributed by atoms with van der Waals surface area (Å²) in [5.74, 6) is 0.294. The van der Waals surface area contributed by atoms with Crippen molar-refractivity contribution in [2.45, 2.75) is 36.6 Å². The molecule has 0 N–H and O–H groups in total. The Bertz CT molecular complexity index is 613. The molecule has 1 aromatic carbocycles. The average molecular weight is 397 g/mol. The summed E-state index contributed by atoms with van der Waals surface area (Å²) in [6.07, 6.45) is 1.60. The minimum Gasteiger partial charge on any atom is -0.381 e. The van der Waals surface area contributed by atoms with E-state index in [0.717, 1.165) is 24.0 Å². The van der Waals surface area contributed by atoms with E-state index in [1.807, 2.05) is 13.0 Å². The molecule has 0 atom stereocenters. The van der Waals surface area contributed by atoms with Crippen LogP contribution in [0.5, 0.6) is 0 Å². The molecule has 7 heteroatoms. The molecule has 0 unspecified atom stereocenters. The average Bonchev–Trinajstić information content (AvgIpc) is 2.49. The number of ether oxygens (including phenoxy) is 1. The van der Waals surface area contributed by atoms with Gasteiger partial charge in [0.25, 0.3) is 0 Å². The molecule has 0 saturated carbocycles. The Labute approximate surface area is 139 Å². The summed E-state index contributed by atoms with van der Waals surface area (Å²) in [7, 11) is -1.84. The Morgan fingerprint density at radius 3 is 2.52 bits per heavy atom. The number of nitrogens with zero attached hydrogens (tertiary/aromatic N) is 1. The van der Waals surface area contributed by atoms with Gasteiger partial charge in [-0.1, -0.05) is 6.07 Å². The van der Waals surface area contributed by atoms with Crippen LogP contribution in [0.2, 0.25) is 0 Å². The van der Waals surface area contributed by atoms with Crippen molar-refractivity contribution in [3.8, 4) is 0 Å². The number of rotatable bonds is 4. The van der Waals surface area contributed by atoms with Gasteiger partial charge in [0.05, 0.1) is 11.0 Å². The topological polar surface area (TPSA) is 46.6 Å². The molecule has 1 saturated heterocycles. The fourth-order valence-electron chi connectivity index (χ4n) is 2.52. The second kappa shape index (κ2) is 6.96. The van der Waals surface area contributed by atoms with Crippen molar-refractivity contribution in [2.75, 3.05) is 20.2 Å². The van der Waals surface area contributed by atoms with Crippen LogP contribution in [0.25, 0.3) is 0 Å². The number of alkyl halides is 1. The number of sulfonamides is 1. The van der Waals surface area contributed by atoms with Gasteiger partial charge in [0.1, 0.15) is 0 Å². The Morgan fingerprint density at radius 1 is 1.38 bits per heavy atom. The van der Waals surface area contributed by atoms with Gasteiger partial charge in [-0.15, -0.1) is 11.6 Å². The van der Waals surface area contributed by atoms with Crippen molar-refractivity contribution < 1.29 is 13.2 Å². The molecule has 1 aliphatic rings. The minimum atomic E-state index is -3.51. The van der Waals surface area contributed by atoms with Crippen LogP contribution >= 0.6 is 27.5 Å². The number of hydrogen-bond acceptors (Lipinski definition) is 3. The summed E-state index contributed by atoms with van der Waals surface area (Å²) in [6.45, 7) is 2.84. The third-order valence-electron chi connectivity index (χ3n) is 3.79. The van der Waals surface area contributed by atoms with Gasteiger partial charge < -0.3 is 4.74 Å². The van der Waals surface area contributed by atoms with E-state index in [4.69, 9.17) is 16.3 Å². The summed E-state index contributed by atoms with van der Waals surface area (Å²) < 4.78 is 33.1. The summed E-state index contributed by atoms with van der Waals surface area (Å²) in [6, 6.07) is 3.55. The maximum atomic E-state index is 12.8. The molecule has 0 aliphatic carbocycles. The first-order valence-electron chi connectivity index (χ1n) is 6.78. The number of halogens is 2. The molecule has 1 aliphatic heterocycles. The van der Waals surface area contributed by atoms with Gasteiger partial charge in [-0.2, -0.15) is 4.31 Å². The molecule has 21 heavy (non-hydrogen) atoms. The fourth-order valence-corrected chi connectivity index (χ4v) is 5.18. The zero-order valence-electron chi connectivity index (χ0n) is 12.1. The summed E-state index contributed by atoms with van der Waals surface area (Å²) in [5.41, 5.74) is 1.68. The van der Waals surface area contributed by atoms with Crippen LogP contribution < -0.4 is 0 Å². The van der Waals surface area contributed by atoms with Gasteiger partial charge in [-0.05, 0) is 52.9 Å². The molecule has 4 nitrogen and oxygen atoms in total. The SMILES string of the molecule is COC1CCN(S(=O)(=O)c2cc(CCl)cc(C)c2Br)CC1. The van der Waals surface area contributed by atoms with E-state index in [9.17, 15) is 8.42 Å². The zero-order chi connectivity index (χ0) is 15.6. The summed E-state index contributed by atoms with van der Waals surface area (Å²) in [4.78, 5) is 0.300. The summed E-state index contributed by atoms with van der Waals surface area (Å²) in [5, 5.41) is 0. The quantitative estimate of drug-likeness (QED) is 0.734. The number of aryl methyl sites for hydroxylation is 1. The lowest BCUT2D eigenvalue weighted by molar-refractivity contribution is 0.0604. The first kappa shape index (κ1) is 17.2. The number of hydrogen-bond donors (Lipinski definition) is 0. The van der Waals surface area contributed by atoms with Crippen molar-refractivity contribution in [2.24, 2.45) is 0 Å². The number of methoxy groups -OCH3 is 1. The Balaban J connectivity index is 2.34. The van der Waals surface area contributed by atoms with Crippen LogP contribution in [0, 0.1) is 6.92 Å². The van der Waals surface area contributed by atoms with E-state index in [-0.39, 0.29) is 6.10 Å². The number of benzene rings is 1. The van der Waals surface area contributed by atoms with Gasteiger partial charge in [-0.25, -0.2) is 8.42 Å². The number of piperidine rings is 1. The molecule has 2 rings (SSSR count). The van der Waals surface area contributed by atoms with Crippen molar-refractivity contribution in [1.29, 1.82) is 0 Å². The predicted octanol–water partition coefficient (Wildman–Crippen LogP) is 3.30. The van der Waals surface area contributed by atoms with Gasteiger partial charge >= 0.3 is 0 Å². The van der Waals surface area contributed by atoms with E-state index in [1.165, 1.54) is 4.31 Å². The molecule has 0 radical (unpaired) electrons. The largest absolute Gasteiger partial charge is 0.381 e. The van der Waals surface area contributed by atoms with E-state index in [0.29, 0.717) is 28.3 Å². The Morgan fingerprint density at radius 2 is 2.00 bits per heavy atom. The lowest BCUT2D eigenvalue weighted by atomic mass is 10.1. The van der Waals surface area contributed by atoms with Gasteiger partial charge in [-0.3, -0.25) is 0 Å². The monoisotopic (exact) mass is 395 g/mol. The van der Waals surface area contributed by atoms with Gasteiger partial charge in [0.15, 0.2) is 0 Å². The lowest BCUT2D eigenvalue weighted by Gasteiger charge is -2.30. The first-order chi connectivity index (χ1) is 9.90. The second-order valence-corrected chi connectivity index (χ2v) is 8.16.